The minimum atomic E-state index is -2.42. The van der Waals surface area contributed by atoms with Gasteiger partial charge in [0.2, 0.25) is 0 Å². The molecule has 2 N–H and O–H groups in total. The number of hydrogen-bond donors (Lipinski definition) is 2. The molecule has 0 aromatic heterocycles. The molecule has 8 heavy (non-hydrogen) atoms. The maximum Gasteiger partial charge on any atom is 0.341 e. The average Bonchev–Trinajstić information content (AvgIpc) is 1.55. The molecule has 1 aliphatic heterocycles. The van der Waals surface area contributed by atoms with Crippen LogP contribution in [0.2, 0.25) is 0 Å². The maximum atomic E-state index is 8.07. The van der Waals surface area contributed by atoms with Crippen LogP contribution < -0.4 is 0 Å². The zero-order valence-electron chi connectivity index (χ0n) is 3.55. The van der Waals surface area contributed by atoms with E-state index in [1.165, 1.54) is 0 Å². The van der Waals surface area contributed by atoms with Crippen molar-refractivity contribution in [3.05, 3.63) is 0 Å². The van der Waals surface area contributed by atoms with Crippen molar-refractivity contribution in [1.82, 2.24) is 0 Å². The summed E-state index contributed by atoms with van der Waals surface area (Å²) in [5.41, 5.74) is 0. The second-order valence-electron chi connectivity index (χ2n) is 0.907. The van der Waals surface area contributed by atoms with Crippen LogP contribution in [0, 0.1) is 0 Å². The largest absolute Gasteiger partial charge is 0.341 e. The third-order valence-corrected chi connectivity index (χ3v) is 0.777. The Bertz CT molecular complexity index is 68.9. The zero-order chi connectivity index (χ0) is 5.98. The van der Waals surface area contributed by atoms with E-state index < -0.39 is 15.1 Å². The molecule has 1 heterocycles. The summed E-state index contributed by atoms with van der Waals surface area (Å²) < 4.78 is 4.09. The highest BCUT2D eigenvalue weighted by Crippen LogP contribution is 2.30. The van der Waals surface area contributed by atoms with Crippen LogP contribution in [0.15, 0.2) is 0 Å². The predicted molar refractivity (Wildman–Crippen MR) is 19.5 cm³/mol. The van der Waals surface area contributed by atoms with Gasteiger partial charge in [-0.15, -0.1) is 9.78 Å². The summed E-state index contributed by atoms with van der Waals surface area (Å²) in [6.45, 7) is -1.09. The van der Waals surface area contributed by atoms with Crippen molar-refractivity contribution in [3.63, 3.8) is 0 Å². The van der Waals surface area contributed by atoms with Gasteiger partial charge in [-0.25, -0.2) is 0 Å². The van der Waals surface area contributed by atoms with Gasteiger partial charge >= 0.3 is 15.1 Å². The SMILES string of the molecule is OP(O)OC1OOO1. The monoisotopic (exact) mass is 142 g/mol. The third-order valence-electron chi connectivity index (χ3n) is 0.416. The fraction of sp³-hybridized carbons (Fsp3) is 1.00. The lowest BCUT2D eigenvalue weighted by Gasteiger charge is -2.20. The molecule has 0 aromatic rings. The van der Waals surface area contributed by atoms with Crippen LogP contribution in [0.3, 0.4) is 0 Å². The van der Waals surface area contributed by atoms with E-state index in [1.54, 1.807) is 0 Å². The van der Waals surface area contributed by atoms with Crippen LogP contribution in [0.4, 0.5) is 0 Å². The van der Waals surface area contributed by atoms with Gasteiger partial charge in [-0.2, -0.15) is 0 Å². The first-order valence-electron chi connectivity index (χ1n) is 1.62. The minimum absolute atomic E-state index is 1.09. The fourth-order valence-corrected chi connectivity index (χ4v) is 0.408. The molecule has 0 aliphatic carbocycles. The summed E-state index contributed by atoms with van der Waals surface area (Å²) >= 11 is 0. The predicted octanol–water partition coefficient (Wildman–Crippen LogP) is -0.609. The highest BCUT2D eigenvalue weighted by Gasteiger charge is 2.26. The Morgan fingerprint density at radius 1 is 1.38 bits per heavy atom. The molecule has 1 saturated heterocycles. The Hall–Kier alpha value is 0.190. The average molecular weight is 142 g/mol. The molecule has 0 unspecified atom stereocenters. The van der Waals surface area contributed by atoms with E-state index in [9.17, 15) is 0 Å². The highest BCUT2D eigenvalue weighted by molar-refractivity contribution is 7.39. The fourth-order valence-electron chi connectivity index (χ4n) is 0.183. The van der Waals surface area contributed by atoms with Crippen molar-refractivity contribution in [2.45, 2.75) is 6.48 Å². The van der Waals surface area contributed by atoms with Crippen molar-refractivity contribution in [2.75, 3.05) is 0 Å². The van der Waals surface area contributed by atoms with Crippen molar-refractivity contribution in [1.29, 1.82) is 0 Å². The van der Waals surface area contributed by atoms with Crippen LogP contribution in [-0.2, 0) is 19.3 Å². The van der Waals surface area contributed by atoms with Crippen LogP contribution in [0.5, 0.6) is 0 Å². The van der Waals surface area contributed by atoms with E-state index >= 15 is 0 Å². The number of hydrogen-bond acceptors (Lipinski definition) is 6. The van der Waals surface area contributed by atoms with Crippen LogP contribution in [-0.4, -0.2) is 16.3 Å². The summed E-state index contributed by atoms with van der Waals surface area (Å²) in [5.74, 6) is 0. The van der Waals surface area contributed by atoms with Gasteiger partial charge in [0.1, 0.15) is 0 Å². The molecule has 0 atom stereocenters. The van der Waals surface area contributed by atoms with Gasteiger partial charge in [-0.3, -0.25) is 4.52 Å². The summed E-state index contributed by atoms with van der Waals surface area (Å²) in [6, 6.07) is 0. The van der Waals surface area contributed by atoms with E-state index in [4.69, 9.17) is 9.79 Å². The molecule has 0 amide bonds. The number of rotatable bonds is 2. The molecule has 1 aliphatic rings. The molecule has 1 fully saturated rings. The third kappa shape index (κ3) is 1.61. The van der Waals surface area contributed by atoms with Gasteiger partial charge in [0.25, 0.3) is 0 Å². The van der Waals surface area contributed by atoms with Gasteiger partial charge in [-0.1, -0.05) is 5.04 Å². The van der Waals surface area contributed by atoms with E-state index in [1.807, 2.05) is 0 Å². The molecular formula is CH3O6P. The first-order chi connectivity index (χ1) is 3.79. The van der Waals surface area contributed by atoms with Crippen molar-refractivity contribution in [2.24, 2.45) is 0 Å². The molecule has 0 spiro atoms. The highest BCUT2D eigenvalue weighted by atomic mass is 31.2. The maximum absolute atomic E-state index is 8.07. The molecule has 0 aromatic carbocycles. The van der Waals surface area contributed by atoms with Crippen molar-refractivity contribution >= 4 is 8.60 Å². The van der Waals surface area contributed by atoms with E-state index in [-0.39, 0.29) is 0 Å². The van der Waals surface area contributed by atoms with Gasteiger partial charge in [0, 0.05) is 0 Å². The lowest BCUT2D eigenvalue weighted by molar-refractivity contribution is -0.722. The van der Waals surface area contributed by atoms with Gasteiger partial charge < -0.3 is 9.79 Å². The molecule has 1 rings (SSSR count). The summed E-state index contributed by atoms with van der Waals surface area (Å²) in [6.07, 6.45) is 0. The first-order valence-corrected chi connectivity index (χ1v) is 2.79. The Balaban J connectivity index is 2.01. The first kappa shape index (κ1) is 6.31. The van der Waals surface area contributed by atoms with Gasteiger partial charge in [-0.05, 0) is 0 Å². The molecular weight excluding hydrogens is 139 g/mol. The molecule has 0 radical (unpaired) electrons. The molecule has 6 nitrogen and oxygen atoms in total. The second-order valence-corrected chi connectivity index (χ2v) is 1.62. The summed E-state index contributed by atoms with van der Waals surface area (Å²) in [7, 11) is -2.42. The van der Waals surface area contributed by atoms with Crippen molar-refractivity contribution in [3.8, 4) is 0 Å². The van der Waals surface area contributed by atoms with Crippen molar-refractivity contribution < 1.29 is 29.1 Å². The molecule has 7 heteroatoms. The Kier molecular flexibility index (Phi) is 2.09. The Morgan fingerprint density at radius 2 is 2.00 bits per heavy atom. The van der Waals surface area contributed by atoms with Crippen LogP contribution >= 0.6 is 8.60 Å². The van der Waals surface area contributed by atoms with E-state index in [0.29, 0.717) is 0 Å². The minimum Gasteiger partial charge on any atom is -0.328 e. The van der Waals surface area contributed by atoms with Crippen LogP contribution in [0.25, 0.3) is 0 Å². The lowest BCUT2D eigenvalue weighted by Crippen LogP contribution is -2.29. The summed E-state index contributed by atoms with van der Waals surface area (Å²) in [4.78, 5) is 24.1. The zero-order valence-corrected chi connectivity index (χ0v) is 4.45. The molecule has 0 bridgehead atoms. The Labute approximate surface area is 45.4 Å². The normalized spacial score (nSPS) is 21.4. The second kappa shape index (κ2) is 2.65. The quantitative estimate of drug-likeness (QED) is 0.395. The van der Waals surface area contributed by atoms with Crippen LogP contribution in [0.1, 0.15) is 0 Å². The summed E-state index contributed by atoms with van der Waals surface area (Å²) in [5, 5.41) is 3.70. The van der Waals surface area contributed by atoms with E-state index in [0.717, 1.165) is 0 Å². The van der Waals surface area contributed by atoms with E-state index in [2.05, 4.69) is 19.3 Å². The lowest BCUT2D eigenvalue weighted by atomic mass is 11.3. The molecule has 48 valence electrons. The molecule has 0 saturated carbocycles. The van der Waals surface area contributed by atoms with Gasteiger partial charge in [0.05, 0.1) is 0 Å². The topological polar surface area (TPSA) is 77.4 Å². The van der Waals surface area contributed by atoms with Gasteiger partial charge in [0.15, 0.2) is 0 Å². The standard InChI is InChI=1S/CH3O6P/c2-8(3)6-1-4-7-5-1/h1-3H. The Morgan fingerprint density at radius 3 is 2.12 bits per heavy atom. The smallest absolute Gasteiger partial charge is 0.328 e.